The molecular formula is C22H22O3. The Morgan fingerprint density at radius 2 is 1.52 bits per heavy atom. The molecule has 0 N–H and O–H groups in total. The summed E-state index contributed by atoms with van der Waals surface area (Å²) in [6, 6.07) is 21.7. The second-order valence-electron chi connectivity index (χ2n) is 6.18. The number of rotatable bonds is 5. The number of fused-ring (bicyclic) bond motifs is 1. The molecule has 0 saturated carbocycles. The molecule has 3 heteroatoms. The maximum absolute atomic E-state index is 12.5. The van der Waals surface area contributed by atoms with E-state index in [4.69, 9.17) is 9.47 Å². The molecule has 3 rings (SSSR count). The van der Waals surface area contributed by atoms with E-state index in [2.05, 4.69) is 0 Å². The highest BCUT2D eigenvalue weighted by atomic mass is 16.5. The molecule has 0 heterocycles. The van der Waals surface area contributed by atoms with Crippen molar-refractivity contribution in [2.75, 3.05) is 7.11 Å². The minimum atomic E-state index is -0.322. The molecule has 25 heavy (non-hydrogen) atoms. The van der Waals surface area contributed by atoms with Crippen LogP contribution < -0.4 is 4.74 Å². The summed E-state index contributed by atoms with van der Waals surface area (Å²) >= 11 is 0. The van der Waals surface area contributed by atoms with E-state index < -0.39 is 0 Å². The fraction of sp³-hybridized carbons (Fsp3) is 0.227. The number of benzene rings is 3. The van der Waals surface area contributed by atoms with Crippen molar-refractivity contribution in [1.82, 2.24) is 0 Å². The van der Waals surface area contributed by atoms with Crippen LogP contribution in [0.15, 0.2) is 66.7 Å². The van der Waals surface area contributed by atoms with E-state index in [1.165, 1.54) is 0 Å². The Morgan fingerprint density at radius 3 is 2.24 bits per heavy atom. The van der Waals surface area contributed by atoms with E-state index in [1.54, 1.807) is 7.11 Å². The molecule has 0 fully saturated rings. The molecule has 0 amide bonds. The van der Waals surface area contributed by atoms with Gasteiger partial charge in [-0.1, -0.05) is 54.6 Å². The summed E-state index contributed by atoms with van der Waals surface area (Å²) in [6.07, 6.45) is -0.263. The van der Waals surface area contributed by atoms with Gasteiger partial charge < -0.3 is 9.47 Å². The Kier molecular flexibility index (Phi) is 5.03. The van der Waals surface area contributed by atoms with Crippen molar-refractivity contribution >= 4 is 16.7 Å². The summed E-state index contributed by atoms with van der Waals surface area (Å²) < 4.78 is 10.9. The number of hydrogen-bond acceptors (Lipinski definition) is 3. The topological polar surface area (TPSA) is 35.5 Å². The third-order valence-corrected chi connectivity index (χ3v) is 4.49. The standard InChI is InChI=1S/C22H22O3/c1-15(22(23)25-16(2)17-7-5-4-6-8-17)18-9-10-20-14-21(24-3)12-11-19(20)13-18/h4-16H,1-3H3/t15-,16-/m0/s1. The maximum Gasteiger partial charge on any atom is 0.313 e. The first-order valence-electron chi connectivity index (χ1n) is 8.41. The van der Waals surface area contributed by atoms with Gasteiger partial charge in [-0.2, -0.15) is 0 Å². The van der Waals surface area contributed by atoms with Gasteiger partial charge in [-0.3, -0.25) is 4.79 Å². The summed E-state index contributed by atoms with van der Waals surface area (Å²) in [6.45, 7) is 3.78. The van der Waals surface area contributed by atoms with Crippen LogP contribution in [-0.2, 0) is 9.53 Å². The average molecular weight is 334 g/mol. The van der Waals surface area contributed by atoms with Crippen molar-refractivity contribution in [3.8, 4) is 5.75 Å². The second-order valence-corrected chi connectivity index (χ2v) is 6.18. The summed E-state index contributed by atoms with van der Waals surface area (Å²) in [5, 5.41) is 2.16. The van der Waals surface area contributed by atoms with E-state index >= 15 is 0 Å². The smallest absolute Gasteiger partial charge is 0.313 e. The zero-order valence-corrected chi connectivity index (χ0v) is 14.7. The number of carbonyl (C=O) groups is 1. The second kappa shape index (κ2) is 7.39. The Balaban J connectivity index is 1.76. The van der Waals surface area contributed by atoms with Gasteiger partial charge in [0.15, 0.2) is 0 Å². The fourth-order valence-electron chi connectivity index (χ4n) is 2.84. The molecule has 0 aliphatic heterocycles. The first-order valence-corrected chi connectivity index (χ1v) is 8.41. The van der Waals surface area contributed by atoms with Crippen LogP contribution in [0.5, 0.6) is 5.75 Å². The largest absolute Gasteiger partial charge is 0.497 e. The van der Waals surface area contributed by atoms with Crippen LogP contribution in [0.4, 0.5) is 0 Å². The van der Waals surface area contributed by atoms with Gasteiger partial charge in [0, 0.05) is 0 Å². The number of hydrogen-bond donors (Lipinski definition) is 0. The van der Waals surface area contributed by atoms with Crippen LogP contribution in [0.2, 0.25) is 0 Å². The summed E-state index contributed by atoms with van der Waals surface area (Å²) in [5.74, 6) is 0.284. The number of ether oxygens (including phenoxy) is 2. The van der Waals surface area contributed by atoms with Crippen LogP contribution in [0, 0.1) is 0 Å². The maximum atomic E-state index is 12.5. The predicted molar refractivity (Wildman–Crippen MR) is 99.9 cm³/mol. The lowest BCUT2D eigenvalue weighted by atomic mass is 9.97. The Morgan fingerprint density at radius 1 is 0.840 bits per heavy atom. The van der Waals surface area contributed by atoms with Crippen LogP contribution in [0.25, 0.3) is 10.8 Å². The lowest BCUT2D eigenvalue weighted by Crippen LogP contribution is -2.15. The molecule has 0 aliphatic carbocycles. The van der Waals surface area contributed by atoms with Crippen LogP contribution >= 0.6 is 0 Å². The lowest BCUT2D eigenvalue weighted by molar-refractivity contribution is -0.150. The van der Waals surface area contributed by atoms with Crippen LogP contribution in [-0.4, -0.2) is 13.1 Å². The SMILES string of the molecule is COc1ccc2cc([C@H](C)C(=O)O[C@@H](C)c3ccccc3)ccc2c1. The Labute approximate surface area is 148 Å². The summed E-state index contributed by atoms with van der Waals surface area (Å²) in [4.78, 5) is 12.5. The van der Waals surface area contributed by atoms with E-state index in [-0.39, 0.29) is 18.0 Å². The summed E-state index contributed by atoms with van der Waals surface area (Å²) in [7, 11) is 1.65. The Bertz CT molecular complexity index is 871. The van der Waals surface area contributed by atoms with E-state index in [0.717, 1.165) is 27.6 Å². The third kappa shape index (κ3) is 3.82. The first-order chi connectivity index (χ1) is 12.1. The highest BCUT2D eigenvalue weighted by molar-refractivity contribution is 5.86. The zero-order chi connectivity index (χ0) is 17.8. The molecule has 0 radical (unpaired) electrons. The van der Waals surface area contributed by atoms with Crippen molar-refractivity contribution in [2.24, 2.45) is 0 Å². The van der Waals surface area contributed by atoms with Crippen molar-refractivity contribution in [2.45, 2.75) is 25.9 Å². The van der Waals surface area contributed by atoms with Gasteiger partial charge in [0.2, 0.25) is 0 Å². The van der Waals surface area contributed by atoms with Gasteiger partial charge in [-0.05, 0) is 47.9 Å². The average Bonchev–Trinajstić information content (AvgIpc) is 2.67. The van der Waals surface area contributed by atoms with E-state index in [1.807, 2.05) is 80.6 Å². The molecular weight excluding hydrogens is 312 g/mol. The van der Waals surface area contributed by atoms with Crippen molar-refractivity contribution in [3.05, 3.63) is 77.9 Å². The zero-order valence-electron chi connectivity index (χ0n) is 14.7. The minimum absolute atomic E-state index is 0.218. The lowest BCUT2D eigenvalue weighted by Gasteiger charge is -2.18. The highest BCUT2D eigenvalue weighted by Crippen LogP contribution is 2.27. The van der Waals surface area contributed by atoms with Gasteiger partial charge in [0.25, 0.3) is 0 Å². The van der Waals surface area contributed by atoms with E-state index in [0.29, 0.717) is 0 Å². The molecule has 2 atom stereocenters. The van der Waals surface area contributed by atoms with E-state index in [9.17, 15) is 4.79 Å². The molecule has 3 nitrogen and oxygen atoms in total. The third-order valence-electron chi connectivity index (χ3n) is 4.49. The molecule has 0 aromatic heterocycles. The molecule has 0 saturated heterocycles. The molecule has 0 spiro atoms. The van der Waals surface area contributed by atoms with Crippen molar-refractivity contribution in [3.63, 3.8) is 0 Å². The van der Waals surface area contributed by atoms with Crippen LogP contribution in [0.3, 0.4) is 0 Å². The summed E-state index contributed by atoms with van der Waals surface area (Å²) in [5.41, 5.74) is 1.94. The number of esters is 1. The number of methoxy groups -OCH3 is 1. The fourth-order valence-corrected chi connectivity index (χ4v) is 2.84. The minimum Gasteiger partial charge on any atom is -0.497 e. The van der Waals surface area contributed by atoms with Gasteiger partial charge in [0.1, 0.15) is 11.9 Å². The highest BCUT2D eigenvalue weighted by Gasteiger charge is 2.20. The van der Waals surface area contributed by atoms with Crippen molar-refractivity contribution < 1.29 is 14.3 Å². The molecule has 0 bridgehead atoms. The van der Waals surface area contributed by atoms with Gasteiger partial charge in [-0.25, -0.2) is 0 Å². The normalized spacial score (nSPS) is 13.2. The molecule has 0 aliphatic rings. The first kappa shape index (κ1) is 17.0. The van der Waals surface area contributed by atoms with Gasteiger partial charge >= 0.3 is 5.97 Å². The number of carbonyl (C=O) groups excluding carboxylic acids is 1. The molecule has 3 aromatic carbocycles. The molecule has 0 unspecified atom stereocenters. The molecule has 3 aromatic rings. The van der Waals surface area contributed by atoms with Gasteiger partial charge in [0.05, 0.1) is 13.0 Å². The molecule has 128 valence electrons. The predicted octanol–water partition coefficient (Wildman–Crippen LogP) is 5.26. The monoisotopic (exact) mass is 334 g/mol. The quantitative estimate of drug-likeness (QED) is 0.597. The Hall–Kier alpha value is -2.81. The van der Waals surface area contributed by atoms with Crippen molar-refractivity contribution in [1.29, 1.82) is 0 Å². The van der Waals surface area contributed by atoms with Gasteiger partial charge in [-0.15, -0.1) is 0 Å². The van der Waals surface area contributed by atoms with Crippen LogP contribution in [0.1, 0.15) is 37.0 Å².